The average molecular weight is 499 g/mol. The first-order valence-electron chi connectivity index (χ1n) is 12.0. The molecule has 8 nitrogen and oxygen atoms in total. The maximum absolute atomic E-state index is 10.7. The van der Waals surface area contributed by atoms with Crippen LogP contribution in [-0.4, -0.2) is 56.1 Å². The zero-order chi connectivity index (χ0) is 24.6. The van der Waals surface area contributed by atoms with Gasteiger partial charge in [0, 0.05) is 42.6 Å². The zero-order valence-electron chi connectivity index (χ0n) is 20.3. The van der Waals surface area contributed by atoms with E-state index >= 15 is 0 Å². The Hall–Kier alpha value is -3.00. The molecule has 2 aromatic rings. The van der Waals surface area contributed by atoms with Crippen LogP contribution < -0.4 is 19.4 Å². The number of methoxy groups -OCH3 is 1. The molecule has 2 fully saturated rings. The number of rotatable bonds is 8. The minimum atomic E-state index is -0.00957. The molecule has 1 aliphatic carbocycles. The normalized spacial score (nSPS) is 24.8. The van der Waals surface area contributed by atoms with Crippen molar-refractivity contribution in [2.75, 3.05) is 36.7 Å². The third-order valence-electron chi connectivity index (χ3n) is 7.63. The van der Waals surface area contributed by atoms with Crippen molar-refractivity contribution in [3.8, 4) is 11.6 Å². The fraction of sp³-hybridized carbons (Fsp3) is 0.500. The van der Waals surface area contributed by atoms with Crippen molar-refractivity contribution in [3.05, 3.63) is 41.6 Å². The van der Waals surface area contributed by atoms with E-state index in [2.05, 4.69) is 16.8 Å². The van der Waals surface area contributed by atoms with Crippen LogP contribution in [0, 0.1) is 11.3 Å². The van der Waals surface area contributed by atoms with Gasteiger partial charge in [-0.2, -0.15) is 5.10 Å². The van der Waals surface area contributed by atoms with Crippen LogP contribution in [0.5, 0.6) is 11.6 Å². The predicted molar refractivity (Wildman–Crippen MR) is 136 cm³/mol. The lowest BCUT2D eigenvalue weighted by molar-refractivity contribution is -0.129. The lowest BCUT2D eigenvalue weighted by Crippen LogP contribution is -2.47. The van der Waals surface area contributed by atoms with Crippen molar-refractivity contribution in [3.63, 3.8) is 0 Å². The molecule has 0 bridgehead atoms. The lowest BCUT2D eigenvalue weighted by atomic mass is 9.91. The lowest BCUT2D eigenvalue weighted by Gasteiger charge is -2.40. The molecule has 0 radical (unpaired) electrons. The Morgan fingerprint density at radius 1 is 1.26 bits per heavy atom. The molecule has 3 atom stereocenters. The summed E-state index contributed by atoms with van der Waals surface area (Å²) in [6.45, 7) is 6.67. The minimum absolute atomic E-state index is 0.00957. The second kappa shape index (κ2) is 9.57. The minimum Gasteiger partial charge on any atom is -0.490 e. The van der Waals surface area contributed by atoms with E-state index in [1.165, 1.54) is 0 Å². The second-order valence-electron chi connectivity index (χ2n) is 9.72. The number of ether oxygens (including phenoxy) is 3. The Morgan fingerprint density at radius 3 is 2.71 bits per heavy atom. The molecule has 1 spiro atoms. The van der Waals surface area contributed by atoms with Crippen molar-refractivity contribution in [1.29, 1.82) is 0 Å². The summed E-state index contributed by atoms with van der Waals surface area (Å²) in [7, 11) is 1.62. The van der Waals surface area contributed by atoms with Gasteiger partial charge in [-0.05, 0) is 44.0 Å². The summed E-state index contributed by atoms with van der Waals surface area (Å²) in [5, 5.41) is 7.28. The highest BCUT2D eigenvalue weighted by Gasteiger charge is 2.54. The highest BCUT2D eigenvalue weighted by atomic mass is 35.5. The molecule has 2 aliphatic heterocycles. The van der Waals surface area contributed by atoms with E-state index in [1.54, 1.807) is 13.3 Å². The van der Waals surface area contributed by atoms with Gasteiger partial charge in [0.2, 0.25) is 5.88 Å². The van der Waals surface area contributed by atoms with Gasteiger partial charge in [-0.3, -0.25) is 9.80 Å². The number of hydrazone groups is 1. The molecule has 9 heteroatoms. The highest BCUT2D eigenvalue weighted by molar-refractivity contribution is 6.33. The van der Waals surface area contributed by atoms with E-state index < -0.39 is 0 Å². The van der Waals surface area contributed by atoms with Gasteiger partial charge in [-0.1, -0.05) is 18.5 Å². The number of hydrogen-bond donors (Lipinski definition) is 0. The molecule has 35 heavy (non-hydrogen) atoms. The standard InChI is InChI=1S/C26H31ClN4O4/c1-17-18(2)29-31(23(17)14-34-16-32)19-4-6-20(7-5-19)35-24-8-11-30(15-26(24)9-10-26)22-12-25(33-3)28-13-21(22)27/h4-7,12-13,16-17,23-24H,8-11,14-15H2,1-3H3/t17-,23+,24?/m1/s1. The summed E-state index contributed by atoms with van der Waals surface area (Å²) in [6.07, 6.45) is 5.02. The van der Waals surface area contributed by atoms with Crippen LogP contribution >= 0.6 is 11.6 Å². The Labute approximate surface area is 210 Å². The largest absolute Gasteiger partial charge is 0.490 e. The van der Waals surface area contributed by atoms with E-state index in [1.807, 2.05) is 42.3 Å². The van der Waals surface area contributed by atoms with Gasteiger partial charge in [-0.15, -0.1) is 0 Å². The van der Waals surface area contributed by atoms with E-state index in [0.29, 0.717) is 24.0 Å². The molecule has 1 aromatic carbocycles. The summed E-state index contributed by atoms with van der Waals surface area (Å²) in [6, 6.07) is 9.97. The Kier molecular flexibility index (Phi) is 6.49. The number of halogens is 1. The fourth-order valence-electron chi connectivity index (χ4n) is 5.20. The van der Waals surface area contributed by atoms with Crippen LogP contribution in [0.25, 0.3) is 0 Å². The van der Waals surface area contributed by atoms with Crippen molar-refractivity contribution >= 4 is 35.2 Å². The van der Waals surface area contributed by atoms with E-state index in [-0.39, 0.29) is 23.5 Å². The van der Waals surface area contributed by atoms with Gasteiger partial charge in [0.15, 0.2) is 0 Å². The van der Waals surface area contributed by atoms with Crippen LogP contribution in [0.2, 0.25) is 5.02 Å². The van der Waals surface area contributed by atoms with Crippen LogP contribution in [0.15, 0.2) is 41.6 Å². The Balaban J connectivity index is 1.26. The Bertz CT molecular complexity index is 1110. The van der Waals surface area contributed by atoms with Crippen LogP contribution in [0.4, 0.5) is 11.4 Å². The first kappa shape index (κ1) is 23.7. The van der Waals surface area contributed by atoms with Gasteiger partial charge in [0.1, 0.15) is 18.5 Å². The number of carbonyl (C=O) groups is 1. The second-order valence-corrected chi connectivity index (χ2v) is 10.1. The van der Waals surface area contributed by atoms with E-state index in [4.69, 9.17) is 30.9 Å². The molecule has 1 saturated carbocycles. The van der Waals surface area contributed by atoms with E-state index in [0.717, 1.165) is 55.2 Å². The molecule has 5 rings (SSSR count). The predicted octanol–water partition coefficient (Wildman–Crippen LogP) is 4.56. The van der Waals surface area contributed by atoms with Crippen LogP contribution in [0.3, 0.4) is 0 Å². The number of aromatic nitrogens is 1. The quantitative estimate of drug-likeness (QED) is 0.494. The summed E-state index contributed by atoms with van der Waals surface area (Å²) in [4.78, 5) is 17.2. The first-order valence-corrected chi connectivity index (χ1v) is 12.4. The van der Waals surface area contributed by atoms with Crippen molar-refractivity contribution in [2.24, 2.45) is 16.4 Å². The topological polar surface area (TPSA) is 76.5 Å². The number of piperidine rings is 1. The molecule has 0 N–H and O–H groups in total. The number of carbonyl (C=O) groups excluding carboxylic acids is 1. The zero-order valence-corrected chi connectivity index (χ0v) is 21.1. The van der Waals surface area contributed by atoms with Crippen LogP contribution in [0.1, 0.15) is 33.1 Å². The SMILES string of the molecule is COc1cc(N2CCC(Oc3ccc(N4N=C(C)[C@@H](C)[C@@H]4COC=O)cc3)C3(CC3)C2)c(Cl)cn1. The highest BCUT2D eigenvalue weighted by Crippen LogP contribution is 2.54. The fourth-order valence-corrected chi connectivity index (χ4v) is 5.43. The number of pyridine rings is 1. The molecular formula is C26H31ClN4O4. The molecule has 1 aromatic heterocycles. The van der Waals surface area contributed by atoms with Gasteiger partial charge in [-0.25, -0.2) is 4.98 Å². The van der Waals surface area contributed by atoms with Gasteiger partial charge in [0.25, 0.3) is 6.47 Å². The average Bonchev–Trinajstić information content (AvgIpc) is 3.58. The van der Waals surface area contributed by atoms with E-state index in [9.17, 15) is 4.79 Å². The molecule has 3 aliphatic rings. The van der Waals surface area contributed by atoms with Crippen molar-refractivity contribution < 1.29 is 19.0 Å². The number of nitrogens with zero attached hydrogens (tertiary/aromatic N) is 4. The summed E-state index contributed by atoms with van der Waals surface area (Å²) in [5.41, 5.74) is 3.09. The summed E-state index contributed by atoms with van der Waals surface area (Å²) in [5.74, 6) is 1.63. The third-order valence-corrected chi connectivity index (χ3v) is 7.92. The van der Waals surface area contributed by atoms with Crippen molar-refractivity contribution in [1.82, 2.24) is 4.98 Å². The molecule has 3 heterocycles. The first-order chi connectivity index (χ1) is 16.9. The monoisotopic (exact) mass is 498 g/mol. The number of benzene rings is 1. The van der Waals surface area contributed by atoms with Crippen molar-refractivity contribution in [2.45, 2.75) is 45.3 Å². The summed E-state index contributed by atoms with van der Waals surface area (Å²) < 4.78 is 16.9. The smallest absolute Gasteiger partial charge is 0.293 e. The van der Waals surface area contributed by atoms with Crippen LogP contribution in [-0.2, 0) is 9.53 Å². The molecule has 186 valence electrons. The maximum atomic E-state index is 10.7. The molecular weight excluding hydrogens is 468 g/mol. The maximum Gasteiger partial charge on any atom is 0.293 e. The van der Waals surface area contributed by atoms with Gasteiger partial charge >= 0.3 is 0 Å². The molecule has 1 saturated heterocycles. The van der Waals surface area contributed by atoms with Gasteiger partial charge < -0.3 is 19.1 Å². The number of hydrogen-bond acceptors (Lipinski definition) is 8. The third kappa shape index (κ3) is 4.63. The van der Waals surface area contributed by atoms with Gasteiger partial charge in [0.05, 0.1) is 35.7 Å². The molecule has 0 amide bonds. The molecule has 1 unspecified atom stereocenters. The Morgan fingerprint density at radius 2 is 2.03 bits per heavy atom. The summed E-state index contributed by atoms with van der Waals surface area (Å²) >= 11 is 6.46. The number of anilines is 2.